The maximum Gasteiger partial charge on any atom is 0.412 e. The average Bonchev–Trinajstić information content (AvgIpc) is 2.74. The highest BCUT2D eigenvalue weighted by Gasteiger charge is 2.46. The summed E-state index contributed by atoms with van der Waals surface area (Å²) in [6, 6.07) is 2.23. The van der Waals surface area contributed by atoms with E-state index in [0.29, 0.717) is 11.8 Å². The van der Waals surface area contributed by atoms with Gasteiger partial charge in [0.2, 0.25) is 11.8 Å². The second-order valence-electron chi connectivity index (χ2n) is 7.32. The molecule has 1 N–H and O–H groups in total. The van der Waals surface area contributed by atoms with E-state index >= 15 is 0 Å². The van der Waals surface area contributed by atoms with Gasteiger partial charge in [0.05, 0.1) is 13.3 Å². The van der Waals surface area contributed by atoms with Crippen LogP contribution in [0.3, 0.4) is 0 Å². The molecule has 30 heavy (non-hydrogen) atoms. The minimum atomic E-state index is -4.40. The van der Waals surface area contributed by atoms with Gasteiger partial charge < -0.3 is 24.6 Å². The first-order valence-electron chi connectivity index (χ1n) is 9.66. The third-order valence-electron chi connectivity index (χ3n) is 5.43. The molecule has 1 saturated heterocycles. The lowest BCUT2D eigenvalue weighted by atomic mass is 10.0. The summed E-state index contributed by atoms with van der Waals surface area (Å²) >= 11 is 0. The van der Waals surface area contributed by atoms with E-state index in [1.165, 1.54) is 13.2 Å². The van der Waals surface area contributed by atoms with Gasteiger partial charge in [0.1, 0.15) is 6.61 Å². The standard InChI is InChI=1S/C19H23F3N6O2/c1-27-15(19(20,21)22)11-30-14-10-24-18(26-17(14)27)25-12-4-7-28(8-5-12)13-3-6-23-16(9-13)29-2/h3,6,9-10,12,15H,4-5,7-8,11H2,1-2H3,(H,24,25,26). The van der Waals surface area contributed by atoms with E-state index in [2.05, 4.69) is 25.2 Å². The number of rotatable bonds is 4. The van der Waals surface area contributed by atoms with Crippen molar-refractivity contribution in [2.75, 3.05) is 49.0 Å². The zero-order valence-electron chi connectivity index (χ0n) is 16.7. The van der Waals surface area contributed by atoms with Gasteiger partial charge in [-0.1, -0.05) is 0 Å². The van der Waals surface area contributed by atoms with Crippen LogP contribution in [0.1, 0.15) is 12.8 Å². The van der Waals surface area contributed by atoms with Crippen molar-refractivity contribution >= 4 is 17.5 Å². The molecule has 8 nitrogen and oxygen atoms in total. The first kappa shape index (κ1) is 20.3. The number of anilines is 3. The minimum absolute atomic E-state index is 0.122. The van der Waals surface area contributed by atoms with Gasteiger partial charge in [-0.05, 0) is 18.9 Å². The maximum atomic E-state index is 13.2. The van der Waals surface area contributed by atoms with Crippen LogP contribution in [0.2, 0.25) is 0 Å². The number of methoxy groups -OCH3 is 1. The Morgan fingerprint density at radius 1 is 1.23 bits per heavy atom. The van der Waals surface area contributed by atoms with Crippen LogP contribution < -0.4 is 24.6 Å². The van der Waals surface area contributed by atoms with Gasteiger partial charge in [-0.2, -0.15) is 18.2 Å². The topological polar surface area (TPSA) is 75.6 Å². The largest absolute Gasteiger partial charge is 0.486 e. The number of ether oxygens (including phenoxy) is 2. The number of likely N-dealkylation sites (N-methyl/N-ethyl adjacent to an activating group) is 1. The lowest BCUT2D eigenvalue weighted by Gasteiger charge is -2.36. The summed E-state index contributed by atoms with van der Waals surface area (Å²) in [6.07, 6.45) is 0.414. The number of nitrogens with one attached hydrogen (secondary N) is 1. The molecule has 2 aliphatic rings. The van der Waals surface area contributed by atoms with Crippen molar-refractivity contribution in [1.29, 1.82) is 0 Å². The van der Waals surface area contributed by atoms with Crippen molar-refractivity contribution < 1.29 is 22.6 Å². The Kier molecular flexibility index (Phi) is 5.44. The molecule has 0 bridgehead atoms. The second kappa shape index (κ2) is 8.04. The molecule has 0 spiro atoms. The van der Waals surface area contributed by atoms with Gasteiger partial charge in [0.15, 0.2) is 17.6 Å². The third kappa shape index (κ3) is 4.14. The Morgan fingerprint density at radius 2 is 2.00 bits per heavy atom. The van der Waals surface area contributed by atoms with Crippen molar-refractivity contribution in [3.05, 3.63) is 24.5 Å². The van der Waals surface area contributed by atoms with Gasteiger partial charge in [-0.15, -0.1) is 0 Å². The Morgan fingerprint density at radius 3 is 2.70 bits per heavy atom. The van der Waals surface area contributed by atoms with Crippen molar-refractivity contribution in [3.8, 4) is 11.6 Å². The minimum Gasteiger partial charge on any atom is -0.486 e. The van der Waals surface area contributed by atoms with Gasteiger partial charge in [-0.25, -0.2) is 9.97 Å². The van der Waals surface area contributed by atoms with Crippen LogP contribution in [0.5, 0.6) is 11.6 Å². The molecule has 0 aromatic carbocycles. The van der Waals surface area contributed by atoms with Crippen molar-refractivity contribution in [1.82, 2.24) is 15.0 Å². The number of nitrogens with zero attached hydrogens (tertiary/aromatic N) is 5. The molecule has 0 saturated carbocycles. The first-order chi connectivity index (χ1) is 14.3. The van der Waals surface area contributed by atoms with Crippen molar-refractivity contribution in [2.45, 2.75) is 31.1 Å². The molecule has 2 aromatic rings. The van der Waals surface area contributed by atoms with E-state index in [-0.39, 0.29) is 17.6 Å². The number of hydrogen-bond acceptors (Lipinski definition) is 8. The molecule has 2 aliphatic heterocycles. The smallest absolute Gasteiger partial charge is 0.412 e. The van der Waals surface area contributed by atoms with Gasteiger partial charge in [0.25, 0.3) is 0 Å². The highest BCUT2D eigenvalue weighted by Crippen LogP contribution is 2.36. The Balaban J connectivity index is 1.40. The van der Waals surface area contributed by atoms with E-state index in [4.69, 9.17) is 9.47 Å². The maximum absolute atomic E-state index is 13.2. The Hall–Kier alpha value is -2.98. The molecule has 1 atom stereocenters. The number of piperidine rings is 1. The van der Waals surface area contributed by atoms with Crippen molar-refractivity contribution in [2.24, 2.45) is 0 Å². The number of halogens is 3. The summed E-state index contributed by atoms with van der Waals surface area (Å²) in [6.45, 7) is 1.16. The SMILES string of the molecule is COc1cc(N2CCC(Nc3ncc4c(n3)N(C)C(C(F)(F)F)CO4)CC2)ccn1. The zero-order chi connectivity index (χ0) is 21.3. The highest BCUT2D eigenvalue weighted by molar-refractivity contribution is 5.56. The van der Waals surface area contributed by atoms with Crippen LogP contribution in [-0.2, 0) is 0 Å². The average molecular weight is 424 g/mol. The fraction of sp³-hybridized carbons (Fsp3) is 0.526. The monoisotopic (exact) mass is 424 g/mol. The van der Waals surface area contributed by atoms with Crippen molar-refractivity contribution in [3.63, 3.8) is 0 Å². The summed E-state index contributed by atoms with van der Waals surface area (Å²) in [5.74, 6) is 1.27. The number of aromatic nitrogens is 3. The summed E-state index contributed by atoms with van der Waals surface area (Å²) in [7, 11) is 2.96. The van der Waals surface area contributed by atoms with E-state index in [1.54, 1.807) is 13.3 Å². The Bertz CT molecular complexity index is 889. The van der Waals surface area contributed by atoms with E-state index in [1.807, 2.05) is 12.1 Å². The third-order valence-corrected chi connectivity index (χ3v) is 5.43. The molecular weight excluding hydrogens is 401 g/mol. The lowest BCUT2D eigenvalue weighted by Crippen LogP contribution is -2.50. The molecule has 2 aromatic heterocycles. The highest BCUT2D eigenvalue weighted by atomic mass is 19.4. The molecule has 4 heterocycles. The lowest BCUT2D eigenvalue weighted by molar-refractivity contribution is -0.155. The van der Waals surface area contributed by atoms with Crippen LogP contribution in [0.25, 0.3) is 0 Å². The number of fused-ring (bicyclic) bond motifs is 1. The fourth-order valence-corrected chi connectivity index (χ4v) is 3.70. The van der Waals surface area contributed by atoms with Gasteiger partial charge >= 0.3 is 6.18 Å². The molecule has 0 aliphatic carbocycles. The van der Waals surface area contributed by atoms with Crippen LogP contribution in [0.4, 0.5) is 30.6 Å². The van der Waals surface area contributed by atoms with Crippen LogP contribution >= 0.6 is 0 Å². The molecule has 162 valence electrons. The number of pyridine rings is 1. The predicted molar refractivity (Wildman–Crippen MR) is 105 cm³/mol. The zero-order valence-corrected chi connectivity index (χ0v) is 16.7. The van der Waals surface area contributed by atoms with E-state index in [0.717, 1.165) is 36.5 Å². The number of alkyl halides is 3. The fourth-order valence-electron chi connectivity index (χ4n) is 3.70. The summed E-state index contributed by atoms with van der Waals surface area (Å²) in [5, 5.41) is 3.25. The van der Waals surface area contributed by atoms with Gasteiger partial charge in [0, 0.05) is 44.1 Å². The predicted octanol–water partition coefficient (Wildman–Crippen LogP) is 2.72. The van der Waals surface area contributed by atoms with Crippen LogP contribution in [0, 0.1) is 0 Å². The summed E-state index contributed by atoms with van der Waals surface area (Å²) in [4.78, 5) is 16.0. The Labute approximate surface area is 172 Å². The normalized spacial score (nSPS) is 19.8. The summed E-state index contributed by atoms with van der Waals surface area (Å²) in [5.41, 5.74) is 1.04. The van der Waals surface area contributed by atoms with E-state index in [9.17, 15) is 13.2 Å². The molecular formula is C19H23F3N6O2. The quantitative estimate of drug-likeness (QED) is 0.803. The molecule has 4 rings (SSSR count). The molecule has 11 heteroatoms. The van der Waals surface area contributed by atoms with Gasteiger partial charge in [-0.3, -0.25) is 0 Å². The molecule has 0 radical (unpaired) electrons. The van der Waals surface area contributed by atoms with E-state index < -0.39 is 18.8 Å². The number of hydrogen-bond donors (Lipinski definition) is 1. The molecule has 1 unspecified atom stereocenters. The summed E-state index contributed by atoms with van der Waals surface area (Å²) < 4.78 is 50.0. The van der Waals surface area contributed by atoms with Crippen LogP contribution in [-0.4, -0.2) is 67.1 Å². The first-order valence-corrected chi connectivity index (χ1v) is 9.66. The molecule has 1 fully saturated rings. The molecule has 0 amide bonds. The second-order valence-corrected chi connectivity index (χ2v) is 7.32. The van der Waals surface area contributed by atoms with Crippen LogP contribution in [0.15, 0.2) is 24.5 Å².